The van der Waals surface area contributed by atoms with Crippen molar-refractivity contribution in [3.05, 3.63) is 66.5 Å². The summed E-state index contributed by atoms with van der Waals surface area (Å²) in [5, 5.41) is 30.8. The highest BCUT2D eigenvalue weighted by molar-refractivity contribution is 6.02. The minimum atomic E-state index is -1.37. The highest BCUT2D eigenvalue weighted by Gasteiger charge is 2.35. The summed E-state index contributed by atoms with van der Waals surface area (Å²) >= 11 is 0. The van der Waals surface area contributed by atoms with Crippen molar-refractivity contribution in [1.29, 1.82) is 5.41 Å². The summed E-state index contributed by atoms with van der Waals surface area (Å²) in [4.78, 5) is 78.6. The van der Waals surface area contributed by atoms with Crippen molar-refractivity contribution >= 4 is 47.2 Å². The molecular formula is C31H40N12O6. The van der Waals surface area contributed by atoms with E-state index >= 15 is 0 Å². The minimum absolute atomic E-state index is 0.0872. The maximum atomic E-state index is 13.7. The molecule has 5 atom stereocenters. The molecule has 18 heteroatoms. The number of nitrogens with one attached hydrogen (secondary N) is 10. The Bertz CT molecular complexity index is 1620. The third kappa shape index (κ3) is 9.99. The second-order valence-electron chi connectivity index (χ2n) is 11.3. The quantitative estimate of drug-likeness (QED) is 0.145. The zero-order valence-corrected chi connectivity index (χ0v) is 26.6. The number of hydrogen-bond donors (Lipinski definition) is 12. The number of benzene rings is 2. The van der Waals surface area contributed by atoms with Gasteiger partial charge >= 0.3 is 6.03 Å². The number of rotatable bonds is 5. The summed E-state index contributed by atoms with van der Waals surface area (Å²) in [6, 6.07) is 9.85. The van der Waals surface area contributed by atoms with Crippen LogP contribution < -0.4 is 59.3 Å². The Kier molecular flexibility index (Phi) is 12.2. The fourth-order valence-corrected chi connectivity index (χ4v) is 4.90. The van der Waals surface area contributed by atoms with Gasteiger partial charge in [-0.2, -0.15) is 0 Å². The van der Waals surface area contributed by atoms with Gasteiger partial charge in [0.05, 0.1) is 6.04 Å². The van der Waals surface area contributed by atoms with Gasteiger partial charge in [-0.15, -0.1) is 0 Å². The van der Waals surface area contributed by atoms with Crippen LogP contribution in [0.3, 0.4) is 0 Å². The SMILES string of the molecule is C[C@@H]1NC(=O)[C@@H](N)CNC(=O)[C@H](C2CCNC(=N)N2)NC(=O)/C(=C/NC(=O)Nc2cccc(-c3ccccc3)c2)NC(=O)[C@H](CN)NC1=O. The largest absolute Gasteiger partial charge is 0.357 e. The molecule has 4 rings (SSSR count). The fourth-order valence-electron chi connectivity index (χ4n) is 4.90. The molecule has 2 aliphatic heterocycles. The van der Waals surface area contributed by atoms with Gasteiger partial charge in [-0.3, -0.25) is 29.4 Å². The van der Waals surface area contributed by atoms with Gasteiger partial charge in [0, 0.05) is 31.5 Å². The first-order valence-corrected chi connectivity index (χ1v) is 15.4. The molecule has 2 aliphatic rings. The van der Waals surface area contributed by atoms with E-state index in [4.69, 9.17) is 16.9 Å². The molecule has 49 heavy (non-hydrogen) atoms. The van der Waals surface area contributed by atoms with Crippen LogP contribution >= 0.6 is 0 Å². The van der Waals surface area contributed by atoms with Crippen molar-refractivity contribution in [3.8, 4) is 11.1 Å². The number of guanidine groups is 1. The molecule has 14 N–H and O–H groups in total. The average Bonchev–Trinajstić information content (AvgIpc) is 3.09. The van der Waals surface area contributed by atoms with Gasteiger partial charge in [-0.1, -0.05) is 42.5 Å². The van der Waals surface area contributed by atoms with E-state index in [0.29, 0.717) is 18.7 Å². The maximum Gasteiger partial charge on any atom is 0.323 e. The lowest BCUT2D eigenvalue weighted by Gasteiger charge is -2.33. The molecule has 0 radical (unpaired) electrons. The van der Waals surface area contributed by atoms with E-state index in [9.17, 15) is 28.8 Å². The van der Waals surface area contributed by atoms with Crippen molar-refractivity contribution in [2.75, 3.05) is 25.0 Å². The molecule has 260 valence electrons. The van der Waals surface area contributed by atoms with Crippen LogP contribution in [0.5, 0.6) is 0 Å². The van der Waals surface area contributed by atoms with Crippen LogP contribution in [0, 0.1) is 5.41 Å². The summed E-state index contributed by atoms with van der Waals surface area (Å²) < 4.78 is 0. The van der Waals surface area contributed by atoms with Gasteiger partial charge in [0.1, 0.15) is 29.9 Å². The molecule has 0 spiro atoms. The van der Waals surface area contributed by atoms with Crippen molar-refractivity contribution in [1.82, 2.24) is 42.5 Å². The second kappa shape index (κ2) is 16.7. The van der Waals surface area contributed by atoms with Crippen LogP contribution in [-0.2, 0) is 24.0 Å². The van der Waals surface area contributed by atoms with Gasteiger partial charge in [-0.25, -0.2) is 4.79 Å². The molecule has 2 aromatic rings. The first kappa shape index (κ1) is 35.8. The normalized spacial score (nSPS) is 25.0. The molecule has 0 saturated carbocycles. The summed E-state index contributed by atoms with van der Waals surface area (Å²) in [5.74, 6) is -4.30. The summed E-state index contributed by atoms with van der Waals surface area (Å²) in [6.07, 6.45) is 1.22. The summed E-state index contributed by atoms with van der Waals surface area (Å²) in [7, 11) is 0. The van der Waals surface area contributed by atoms with E-state index in [-0.39, 0.29) is 12.5 Å². The molecule has 2 aromatic carbocycles. The van der Waals surface area contributed by atoms with E-state index in [2.05, 4.69) is 47.9 Å². The van der Waals surface area contributed by atoms with Crippen LogP contribution in [0.1, 0.15) is 13.3 Å². The number of hydrogen-bond acceptors (Lipinski definition) is 9. The van der Waals surface area contributed by atoms with Gasteiger partial charge in [-0.05, 0) is 36.6 Å². The van der Waals surface area contributed by atoms with E-state index in [1.54, 1.807) is 18.2 Å². The van der Waals surface area contributed by atoms with Gasteiger partial charge in [0.15, 0.2) is 5.96 Å². The molecule has 2 fully saturated rings. The van der Waals surface area contributed by atoms with Crippen LogP contribution in [0.25, 0.3) is 11.1 Å². The second-order valence-corrected chi connectivity index (χ2v) is 11.3. The lowest BCUT2D eigenvalue weighted by Crippen LogP contribution is -2.64. The topological polar surface area (TPSA) is 287 Å². The number of amides is 7. The van der Waals surface area contributed by atoms with Gasteiger partial charge in [0.2, 0.25) is 23.6 Å². The van der Waals surface area contributed by atoms with Crippen molar-refractivity contribution in [2.24, 2.45) is 11.5 Å². The third-order valence-corrected chi connectivity index (χ3v) is 7.59. The third-order valence-electron chi connectivity index (χ3n) is 7.59. The molecule has 2 saturated heterocycles. The molecule has 0 bridgehead atoms. The van der Waals surface area contributed by atoms with Crippen molar-refractivity contribution < 1.29 is 28.8 Å². The van der Waals surface area contributed by atoms with Crippen LogP contribution in [-0.4, -0.2) is 91.4 Å². The minimum Gasteiger partial charge on any atom is -0.357 e. The molecule has 0 aromatic heterocycles. The maximum absolute atomic E-state index is 13.7. The van der Waals surface area contributed by atoms with Crippen LogP contribution in [0.4, 0.5) is 10.5 Å². The first-order chi connectivity index (χ1) is 23.4. The highest BCUT2D eigenvalue weighted by atomic mass is 16.2. The first-order valence-electron chi connectivity index (χ1n) is 15.4. The Morgan fingerprint density at radius 3 is 2.35 bits per heavy atom. The predicted octanol–water partition coefficient (Wildman–Crippen LogP) is -2.79. The lowest BCUT2D eigenvalue weighted by molar-refractivity contribution is -0.132. The summed E-state index contributed by atoms with van der Waals surface area (Å²) in [5.41, 5.74) is 13.4. The van der Waals surface area contributed by atoms with Gasteiger partial charge < -0.3 is 59.3 Å². The van der Waals surface area contributed by atoms with E-state index in [1.165, 1.54) is 6.92 Å². The smallest absolute Gasteiger partial charge is 0.323 e. The van der Waals surface area contributed by atoms with E-state index < -0.39 is 78.0 Å². The zero-order valence-electron chi connectivity index (χ0n) is 26.6. The fraction of sp³-hybridized carbons (Fsp3) is 0.323. The molecule has 0 aliphatic carbocycles. The molecule has 18 nitrogen and oxygen atoms in total. The average molecular weight is 677 g/mol. The number of anilines is 1. The Morgan fingerprint density at radius 2 is 1.63 bits per heavy atom. The Hall–Kier alpha value is -6.01. The lowest BCUT2D eigenvalue weighted by atomic mass is 10.0. The summed E-state index contributed by atoms with van der Waals surface area (Å²) in [6.45, 7) is 0.911. The zero-order chi connectivity index (χ0) is 35.5. The van der Waals surface area contributed by atoms with E-state index in [0.717, 1.165) is 17.3 Å². The molecule has 2 heterocycles. The van der Waals surface area contributed by atoms with Crippen LogP contribution in [0.15, 0.2) is 66.5 Å². The van der Waals surface area contributed by atoms with Crippen LogP contribution in [0.2, 0.25) is 0 Å². The highest BCUT2D eigenvalue weighted by Crippen LogP contribution is 2.22. The Labute approximate surface area is 281 Å². The monoisotopic (exact) mass is 676 g/mol. The molecule has 7 amide bonds. The van der Waals surface area contributed by atoms with Gasteiger partial charge in [0.25, 0.3) is 5.91 Å². The molecular weight excluding hydrogens is 636 g/mol. The van der Waals surface area contributed by atoms with Crippen molar-refractivity contribution in [3.63, 3.8) is 0 Å². The van der Waals surface area contributed by atoms with E-state index in [1.807, 2.05) is 36.4 Å². The Balaban J connectivity index is 1.61. The Morgan fingerprint density at radius 1 is 0.898 bits per heavy atom. The standard InChI is InChI=1S/C31H40N12O6/c1-16-25(44)40-22(13-32)27(46)41-23(15-37-31(49)39-19-9-5-8-18(12-19)17-6-3-2-4-7-17)28(47)43-24(21-10-11-35-30(34)42-21)29(48)36-14-20(33)26(45)38-16/h2-9,12,15-16,20-22,24H,10-11,13-14,32-33H2,1H3,(H,36,48)(H,38,45)(H,40,44)(H,41,46)(H,43,47)(H3,34,35,42)(H2,37,39,49)/b23-15-/t16-,20-,21?,22-,24-/m0/s1. The number of carbonyl (C=O) groups excluding carboxylic acids is 6. The predicted molar refractivity (Wildman–Crippen MR) is 179 cm³/mol. The molecule has 1 unspecified atom stereocenters. The number of carbonyl (C=O) groups is 6. The number of urea groups is 1. The van der Waals surface area contributed by atoms with Crippen molar-refractivity contribution in [2.45, 2.75) is 43.6 Å². The number of nitrogens with two attached hydrogens (primary N) is 2.